The summed E-state index contributed by atoms with van der Waals surface area (Å²) in [5, 5.41) is 0. The van der Waals surface area contributed by atoms with Crippen molar-refractivity contribution >= 4 is 23.7 Å². The fraction of sp³-hybridized carbons (Fsp3) is 0. The summed E-state index contributed by atoms with van der Waals surface area (Å²) in [6.45, 7) is 0. The van der Waals surface area contributed by atoms with Gasteiger partial charge in [-0.25, -0.2) is 0 Å². The van der Waals surface area contributed by atoms with E-state index in [0.717, 1.165) is 0 Å². The van der Waals surface area contributed by atoms with Gasteiger partial charge in [-0.2, -0.15) is 0 Å². The molecule has 24 valence electrons. The van der Waals surface area contributed by atoms with Crippen LogP contribution in [-0.2, 0) is 32.7 Å². The minimum atomic E-state index is 0. The minimum Gasteiger partial charge on any atom is -2.00 e. The standard InChI is InChI=1S/Li.2O.Te.Ti.H/q+1;2*-2;;+4;-1. The maximum absolute atomic E-state index is 0. The van der Waals surface area contributed by atoms with Crippen molar-refractivity contribution in [3.05, 3.63) is 0 Å². The van der Waals surface area contributed by atoms with E-state index < -0.39 is 0 Å². The molecule has 2 nitrogen and oxygen atoms in total. The molecule has 0 aromatic heterocycles. The fourth-order valence-corrected chi connectivity index (χ4v) is 0. The quantitative estimate of drug-likeness (QED) is 0.377. The van der Waals surface area contributed by atoms with Gasteiger partial charge in [0, 0.05) is 23.7 Å². The Hall–Kier alpha value is 2.02. The Bertz CT molecular complexity index is 13.5. The number of hydrogen-bond donors (Lipinski definition) is 0. The van der Waals surface area contributed by atoms with Gasteiger partial charge < -0.3 is 12.4 Å². The molecule has 0 unspecified atom stereocenters. The van der Waals surface area contributed by atoms with Crippen molar-refractivity contribution in [2.24, 2.45) is 0 Å². The van der Waals surface area contributed by atoms with Crippen LogP contribution in [0.4, 0.5) is 0 Å². The van der Waals surface area contributed by atoms with Crippen LogP contribution < -0.4 is 18.9 Å². The third-order valence-corrected chi connectivity index (χ3v) is 0. The van der Waals surface area contributed by atoms with Gasteiger partial charge >= 0.3 is 40.6 Å². The van der Waals surface area contributed by atoms with Gasteiger partial charge in [-0.15, -0.1) is 0 Å². The molecule has 2 radical (unpaired) electrons. The van der Waals surface area contributed by atoms with Crippen LogP contribution in [0.1, 0.15) is 1.43 Å². The van der Waals surface area contributed by atoms with E-state index in [1.54, 1.807) is 0 Å². The Kier molecular flexibility index (Phi) is 463. The molecule has 0 heterocycles. The van der Waals surface area contributed by atoms with E-state index in [-0.39, 0.29) is 76.6 Å². The molecule has 0 aliphatic carbocycles. The van der Waals surface area contributed by atoms with Crippen LogP contribution in [0, 0.1) is 0 Å². The first-order valence-electron chi connectivity index (χ1n) is 0. The molecule has 5 heteroatoms. The summed E-state index contributed by atoms with van der Waals surface area (Å²) in [7, 11) is 0. The molecule has 0 aliphatic heterocycles. The maximum Gasteiger partial charge on any atom is 4.00 e. The van der Waals surface area contributed by atoms with Crippen molar-refractivity contribution < 1.29 is 53.0 Å². The first-order valence-corrected chi connectivity index (χ1v) is 0. The van der Waals surface area contributed by atoms with Gasteiger partial charge in [0.15, 0.2) is 0 Å². The number of rotatable bonds is 0. The third kappa shape index (κ3) is 23.8. The molecule has 0 fully saturated rings. The van der Waals surface area contributed by atoms with E-state index in [1.165, 1.54) is 0 Å². The average Bonchev–Trinajstić information content (AvgIpc) is 0. The van der Waals surface area contributed by atoms with Gasteiger partial charge in [0.25, 0.3) is 0 Å². The molecule has 0 saturated heterocycles. The summed E-state index contributed by atoms with van der Waals surface area (Å²) in [6.07, 6.45) is 0. The molecule has 0 atom stereocenters. The summed E-state index contributed by atoms with van der Waals surface area (Å²) >= 11 is 0. The molecule has 5 heavy (non-hydrogen) atoms. The molecule has 0 aromatic carbocycles. The van der Waals surface area contributed by atoms with Gasteiger partial charge in [-0.05, 0) is 0 Å². The maximum atomic E-state index is 0. The summed E-state index contributed by atoms with van der Waals surface area (Å²) < 4.78 is 0. The van der Waals surface area contributed by atoms with Crippen molar-refractivity contribution in [2.75, 3.05) is 0 Å². The van der Waals surface area contributed by atoms with Gasteiger partial charge in [0.05, 0.1) is 0 Å². The average molecular weight is 215 g/mol. The molecule has 0 saturated carbocycles. The van der Waals surface area contributed by atoms with Gasteiger partial charge in [-0.3, -0.25) is 0 Å². The zero-order chi connectivity index (χ0) is 0. The number of hydrogen-bond acceptors (Lipinski definition) is 0. The predicted octanol–water partition coefficient (Wildman–Crippen LogP) is -3.50. The van der Waals surface area contributed by atoms with Crippen molar-refractivity contribution in [3.8, 4) is 0 Å². The summed E-state index contributed by atoms with van der Waals surface area (Å²) in [5.74, 6) is 0. The molecule has 0 aliphatic rings. The second-order valence-corrected chi connectivity index (χ2v) is 0. The zero-order valence-electron chi connectivity index (χ0n) is 3.72. The molecule has 0 rings (SSSR count). The molecule has 0 spiro atoms. The van der Waals surface area contributed by atoms with Crippen LogP contribution in [0.5, 0.6) is 0 Å². The van der Waals surface area contributed by atoms with Gasteiger partial charge in [0.2, 0.25) is 0 Å². The van der Waals surface area contributed by atoms with E-state index >= 15 is 0 Å². The SMILES string of the molecule is [H-].[Li+].[O-2].[O-2].[Te].[Ti+4]. The Morgan fingerprint density at radius 2 is 1.00 bits per heavy atom. The minimum absolute atomic E-state index is 0. The van der Waals surface area contributed by atoms with E-state index in [4.69, 9.17) is 0 Å². The normalized spacial score (nSPS) is 0. The van der Waals surface area contributed by atoms with Crippen LogP contribution >= 0.6 is 0 Å². The monoisotopic (exact) mass is 218 g/mol. The van der Waals surface area contributed by atoms with Gasteiger partial charge in [-0.1, -0.05) is 0 Å². The van der Waals surface area contributed by atoms with E-state index in [2.05, 4.69) is 0 Å². The van der Waals surface area contributed by atoms with Crippen LogP contribution in [0.3, 0.4) is 0 Å². The van der Waals surface area contributed by atoms with Crippen molar-refractivity contribution in [1.82, 2.24) is 0 Å². The predicted molar refractivity (Wildman–Crippen MR) is 8.24 cm³/mol. The first kappa shape index (κ1) is 62.3. The fourth-order valence-electron chi connectivity index (χ4n) is 0. The summed E-state index contributed by atoms with van der Waals surface area (Å²) in [6, 6.07) is 0. The van der Waals surface area contributed by atoms with Crippen LogP contribution in [-0.4, -0.2) is 23.7 Å². The molecular weight excluding hydrogens is 214 g/mol. The third-order valence-electron chi connectivity index (χ3n) is 0. The van der Waals surface area contributed by atoms with E-state index in [1.807, 2.05) is 0 Å². The van der Waals surface area contributed by atoms with E-state index in [0.29, 0.717) is 0 Å². The first-order chi connectivity index (χ1) is 0. The summed E-state index contributed by atoms with van der Waals surface area (Å²) in [5.41, 5.74) is 0. The molecule has 0 N–H and O–H groups in total. The van der Waals surface area contributed by atoms with Crippen LogP contribution in [0.25, 0.3) is 0 Å². The van der Waals surface area contributed by atoms with Crippen LogP contribution in [0.2, 0.25) is 0 Å². The van der Waals surface area contributed by atoms with Crippen molar-refractivity contribution in [2.45, 2.75) is 0 Å². The Labute approximate surface area is 76.0 Å². The molecule has 0 aromatic rings. The van der Waals surface area contributed by atoms with Crippen molar-refractivity contribution in [3.63, 3.8) is 0 Å². The smallest absolute Gasteiger partial charge is 2.00 e. The Balaban J connectivity index is 0. The zero-order valence-corrected chi connectivity index (χ0v) is 6.62. The largest absolute Gasteiger partial charge is 4.00 e. The second-order valence-electron chi connectivity index (χ2n) is 0. The summed E-state index contributed by atoms with van der Waals surface area (Å²) in [4.78, 5) is 0. The topological polar surface area (TPSA) is 57.0 Å². The van der Waals surface area contributed by atoms with E-state index in [9.17, 15) is 0 Å². The van der Waals surface area contributed by atoms with Crippen molar-refractivity contribution in [1.29, 1.82) is 0 Å². The Morgan fingerprint density at radius 3 is 1.00 bits per heavy atom. The Morgan fingerprint density at radius 1 is 1.00 bits per heavy atom. The molecule has 0 bridgehead atoms. The molecular formula is HLiO2TeTi. The van der Waals surface area contributed by atoms with Crippen LogP contribution in [0.15, 0.2) is 0 Å². The molecule has 0 amide bonds. The second kappa shape index (κ2) is 37.2. The van der Waals surface area contributed by atoms with Gasteiger partial charge in [0.1, 0.15) is 0 Å².